The van der Waals surface area contributed by atoms with Gasteiger partial charge in [-0.3, -0.25) is 10.1 Å². The predicted molar refractivity (Wildman–Crippen MR) is 103 cm³/mol. The molecule has 0 aliphatic carbocycles. The number of rotatable bonds is 6. The molecule has 0 aliphatic heterocycles. The van der Waals surface area contributed by atoms with Crippen molar-refractivity contribution in [3.63, 3.8) is 0 Å². The van der Waals surface area contributed by atoms with Crippen LogP contribution in [0.4, 0.5) is 28.7 Å². The van der Waals surface area contributed by atoms with Gasteiger partial charge in [-0.05, 0) is 42.5 Å². The van der Waals surface area contributed by atoms with Crippen LogP contribution in [0.5, 0.6) is 0 Å². The smallest absolute Gasteiger partial charge is 0.353 e. The van der Waals surface area contributed by atoms with E-state index in [-0.39, 0.29) is 22.9 Å². The molecule has 0 radical (unpaired) electrons. The van der Waals surface area contributed by atoms with E-state index in [1.54, 1.807) is 18.2 Å². The average molecular weight is 430 g/mol. The molecule has 136 valence electrons. The minimum Gasteiger partial charge on any atom is -0.478 e. The van der Waals surface area contributed by atoms with Crippen LogP contribution in [0.15, 0.2) is 59.3 Å². The van der Waals surface area contributed by atoms with Crippen LogP contribution in [0.2, 0.25) is 0 Å². The van der Waals surface area contributed by atoms with Crippen LogP contribution in [0.25, 0.3) is 0 Å². The molecule has 1 heterocycles. The van der Waals surface area contributed by atoms with Gasteiger partial charge in [0, 0.05) is 15.8 Å². The lowest BCUT2D eigenvalue weighted by Gasteiger charge is -2.10. The van der Waals surface area contributed by atoms with Gasteiger partial charge in [-0.25, -0.2) is 14.8 Å². The number of hydrogen-bond donors (Lipinski definition) is 3. The highest BCUT2D eigenvalue weighted by molar-refractivity contribution is 9.10. The van der Waals surface area contributed by atoms with Crippen molar-refractivity contribution in [2.75, 3.05) is 10.6 Å². The molecule has 0 amide bonds. The summed E-state index contributed by atoms with van der Waals surface area (Å²) >= 11 is 3.34. The molecule has 10 heteroatoms. The molecule has 27 heavy (non-hydrogen) atoms. The maximum atomic E-state index is 11.6. The summed E-state index contributed by atoms with van der Waals surface area (Å²) in [7, 11) is 0. The van der Waals surface area contributed by atoms with Crippen molar-refractivity contribution in [2.45, 2.75) is 0 Å². The zero-order chi connectivity index (χ0) is 19.4. The van der Waals surface area contributed by atoms with Gasteiger partial charge in [-0.1, -0.05) is 22.0 Å². The molecule has 3 aromatic rings. The third-order valence-electron chi connectivity index (χ3n) is 3.49. The largest absolute Gasteiger partial charge is 0.478 e. The Labute approximate surface area is 161 Å². The van der Waals surface area contributed by atoms with Crippen LogP contribution in [0, 0.1) is 10.1 Å². The quantitative estimate of drug-likeness (QED) is 0.389. The van der Waals surface area contributed by atoms with E-state index in [2.05, 4.69) is 36.5 Å². The van der Waals surface area contributed by atoms with Crippen molar-refractivity contribution in [1.29, 1.82) is 0 Å². The number of nitro groups is 1. The van der Waals surface area contributed by atoms with Gasteiger partial charge in [0.2, 0.25) is 11.6 Å². The van der Waals surface area contributed by atoms with Crippen LogP contribution < -0.4 is 10.6 Å². The molecule has 0 fully saturated rings. The van der Waals surface area contributed by atoms with Crippen LogP contribution in [-0.4, -0.2) is 26.0 Å². The summed E-state index contributed by atoms with van der Waals surface area (Å²) in [5.74, 6) is -1.05. The van der Waals surface area contributed by atoms with E-state index in [0.717, 1.165) is 4.47 Å². The van der Waals surface area contributed by atoms with Gasteiger partial charge in [0.05, 0.1) is 10.5 Å². The second-order valence-electron chi connectivity index (χ2n) is 5.32. The molecular formula is C17H12BrN5O4. The van der Waals surface area contributed by atoms with E-state index in [9.17, 15) is 14.9 Å². The Morgan fingerprint density at radius 1 is 1.04 bits per heavy atom. The Morgan fingerprint density at radius 3 is 2.22 bits per heavy atom. The van der Waals surface area contributed by atoms with Crippen molar-refractivity contribution in [1.82, 2.24) is 9.97 Å². The number of nitrogens with zero attached hydrogens (tertiary/aromatic N) is 3. The summed E-state index contributed by atoms with van der Waals surface area (Å²) in [5, 5.41) is 26.3. The fourth-order valence-corrected chi connectivity index (χ4v) is 2.67. The Hall–Kier alpha value is -3.53. The molecule has 2 aromatic carbocycles. The molecule has 0 saturated carbocycles. The lowest BCUT2D eigenvalue weighted by atomic mass is 10.2. The molecule has 9 nitrogen and oxygen atoms in total. The highest BCUT2D eigenvalue weighted by Gasteiger charge is 2.23. The van der Waals surface area contributed by atoms with Gasteiger partial charge >= 0.3 is 11.7 Å². The molecular weight excluding hydrogens is 418 g/mol. The Bertz CT molecular complexity index is 1010. The number of benzene rings is 2. The number of aromatic nitrogens is 2. The van der Waals surface area contributed by atoms with Gasteiger partial charge in [-0.2, -0.15) is 0 Å². The fourth-order valence-electron chi connectivity index (χ4n) is 2.27. The summed E-state index contributed by atoms with van der Waals surface area (Å²) in [6, 6.07) is 12.9. The summed E-state index contributed by atoms with van der Waals surface area (Å²) in [4.78, 5) is 29.8. The number of halogens is 1. The lowest BCUT2D eigenvalue weighted by Crippen LogP contribution is -2.05. The zero-order valence-electron chi connectivity index (χ0n) is 13.6. The number of carbonyl (C=O) groups is 1. The molecule has 0 atom stereocenters. The summed E-state index contributed by atoms with van der Waals surface area (Å²) in [6.07, 6.45) is 1.20. The van der Waals surface area contributed by atoms with Gasteiger partial charge in [0.1, 0.15) is 6.33 Å². The first-order chi connectivity index (χ1) is 12.9. The van der Waals surface area contributed by atoms with E-state index >= 15 is 0 Å². The van der Waals surface area contributed by atoms with Gasteiger partial charge in [-0.15, -0.1) is 0 Å². The second-order valence-corrected chi connectivity index (χ2v) is 6.24. The highest BCUT2D eigenvalue weighted by Crippen LogP contribution is 2.33. The first-order valence-electron chi connectivity index (χ1n) is 7.56. The van der Waals surface area contributed by atoms with Crippen LogP contribution in [0.3, 0.4) is 0 Å². The van der Waals surface area contributed by atoms with E-state index in [4.69, 9.17) is 5.11 Å². The second kappa shape index (κ2) is 7.79. The monoisotopic (exact) mass is 429 g/mol. The molecule has 3 rings (SSSR count). The first-order valence-corrected chi connectivity index (χ1v) is 8.35. The topological polar surface area (TPSA) is 130 Å². The van der Waals surface area contributed by atoms with Crippen molar-refractivity contribution >= 4 is 50.6 Å². The minimum atomic E-state index is -1.06. The maximum Gasteiger partial charge on any atom is 0.353 e. The molecule has 0 unspecified atom stereocenters. The third kappa shape index (κ3) is 4.36. The number of anilines is 4. The van der Waals surface area contributed by atoms with Crippen LogP contribution >= 0.6 is 15.9 Å². The minimum absolute atomic E-state index is 0.0180. The highest BCUT2D eigenvalue weighted by atomic mass is 79.9. The third-order valence-corrected chi connectivity index (χ3v) is 3.98. The van der Waals surface area contributed by atoms with Crippen molar-refractivity contribution in [2.24, 2.45) is 0 Å². The number of hydrogen-bond acceptors (Lipinski definition) is 7. The normalized spacial score (nSPS) is 10.3. The number of carboxylic acids is 1. The number of nitrogens with one attached hydrogen (secondary N) is 2. The van der Waals surface area contributed by atoms with E-state index in [1.807, 2.05) is 6.07 Å². The van der Waals surface area contributed by atoms with Crippen molar-refractivity contribution in [3.8, 4) is 0 Å². The van der Waals surface area contributed by atoms with Crippen LogP contribution in [-0.2, 0) is 0 Å². The molecule has 0 spiro atoms. The van der Waals surface area contributed by atoms with Gasteiger partial charge < -0.3 is 15.7 Å². The van der Waals surface area contributed by atoms with E-state index < -0.39 is 10.9 Å². The number of aromatic carboxylic acids is 1. The van der Waals surface area contributed by atoms with Gasteiger partial charge in [0.25, 0.3) is 0 Å². The predicted octanol–water partition coefficient (Wildman–Crippen LogP) is 4.33. The lowest BCUT2D eigenvalue weighted by molar-refractivity contribution is -0.383. The summed E-state index contributed by atoms with van der Waals surface area (Å²) in [5.41, 5.74) is 0.840. The Morgan fingerprint density at radius 2 is 1.67 bits per heavy atom. The molecule has 0 saturated heterocycles. The fraction of sp³-hybridized carbons (Fsp3) is 0. The Balaban J connectivity index is 1.93. The Kier molecular flexibility index (Phi) is 5.27. The first kappa shape index (κ1) is 18.3. The molecule has 0 bridgehead atoms. The van der Waals surface area contributed by atoms with E-state index in [0.29, 0.717) is 11.4 Å². The standard InChI is InChI=1S/C17H12BrN5O4/c18-11-2-1-3-13(8-11)22-16-14(23(26)27)15(19-9-20-16)21-12-6-4-10(5-7-12)17(24)25/h1-9H,(H,24,25)(H2,19,20,21,22). The number of carboxylic acid groups (broad SMARTS) is 1. The average Bonchev–Trinajstić information content (AvgIpc) is 2.62. The van der Waals surface area contributed by atoms with Crippen LogP contribution in [0.1, 0.15) is 10.4 Å². The van der Waals surface area contributed by atoms with Crippen molar-refractivity contribution < 1.29 is 14.8 Å². The van der Waals surface area contributed by atoms with E-state index in [1.165, 1.54) is 30.6 Å². The summed E-state index contributed by atoms with van der Waals surface area (Å²) < 4.78 is 0.807. The zero-order valence-corrected chi connectivity index (χ0v) is 15.2. The SMILES string of the molecule is O=C(O)c1ccc(Nc2ncnc(Nc3cccc(Br)c3)c2[N+](=O)[O-])cc1. The molecule has 0 aliphatic rings. The van der Waals surface area contributed by atoms with Gasteiger partial charge in [0.15, 0.2) is 0 Å². The maximum absolute atomic E-state index is 11.6. The molecule has 1 aromatic heterocycles. The molecule has 3 N–H and O–H groups in total. The summed E-state index contributed by atoms with van der Waals surface area (Å²) in [6.45, 7) is 0. The van der Waals surface area contributed by atoms with Crippen molar-refractivity contribution in [3.05, 3.63) is 75.0 Å².